The van der Waals surface area contributed by atoms with E-state index >= 15 is 0 Å². The van der Waals surface area contributed by atoms with Crippen molar-refractivity contribution in [1.82, 2.24) is 24.9 Å². The zero-order valence-corrected chi connectivity index (χ0v) is 16.3. The molecule has 0 radical (unpaired) electrons. The second kappa shape index (κ2) is 9.60. The summed E-state index contributed by atoms with van der Waals surface area (Å²) in [6.45, 7) is 5.29. The van der Waals surface area contributed by atoms with Crippen molar-refractivity contribution in [2.75, 3.05) is 26.7 Å². The van der Waals surface area contributed by atoms with Gasteiger partial charge in [-0.2, -0.15) is 4.98 Å². The molecule has 1 fully saturated rings. The Labute approximate surface area is 160 Å². The zero-order valence-electron chi connectivity index (χ0n) is 16.3. The van der Waals surface area contributed by atoms with Crippen molar-refractivity contribution in [3.8, 4) is 0 Å². The molecule has 2 aromatic heterocycles. The molecule has 146 valence electrons. The van der Waals surface area contributed by atoms with Gasteiger partial charge >= 0.3 is 0 Å². The molecule has 0 aromatic carbocycles. The summed E-state index contributed by atoms with van der Waals surface area (Å²) in [5.41, 5.74) is 1.02. The number of pyridine rings is 1. The Morgan fingerprint density at radius 2 is 2.30 bits per heavy atom. The summed E-state index contributed by atoms with van der Waals surface area (Å²) in [4.78, 5) is 25.2. The number of hydrogen-bond acceptors (Lipinski definition) is 6. The number of aryl methyl sites for hydroxylation is 1. The van der Waals surface area contributed by atoms with Crippen molar-refractivity contribution in [2.24, 2.45) is 5.92 Å². The van der Waals surface area contributed by atoms with Gasteiger partial charge in [0.15, 0.2) is 5.82 Å². The van der Waals surface area contributed by atoms with Crippen LogP contribution in [0, 0.1) is 12.8 Å². The molecular weight excluding hydrogens is 342 g/mol. The van der Waals surface area contributed by atoms with Crippen LogP contribution in [0.4, 0.5) is 0 Å². The van der Waals surface area contributed by atoms with E-state index in [9.17, 15) is 4.79 Å². The Bertz CT molecular complexity index is 718. The average Bonchev–Trinajstić information content (AvgIpc) is 3.10. The molecule has 0 aliphatic carbocycles. The topological polar surface area (TPSA) is 75.4 Å². The van der Waals surface area contributed by atoms with Crippen molar-refractivity contribution in [3.63, 3.8) is 0 Å². The number of likely N-dealkylation sites (N-methyl/N-ethyl adjacent to an activating group) is 1. The molecule has 1 atom stereocenters. The zero-order chi connectivity index (χ0) is 19.1. The molecule has 1 aliphatic rings. The fourth-order valence-corrected chi connectivity index (χ4v) is 3.60. The number of carbonyl (C=O) groups excluding carboxylic acids is 1. The van der Waals surface area contributed by atoms with Gasteiger partial charge in [-0.1, -0.05) is 11.2 Å². The first kappa shape index (κ1) is 19.5. The minimum atomic E-state index is 0.218. The van der Waals surface area contributed by atoms with Gasteiger partial charge in [-0.15, -0.1) is 0 Å². The molecule has 3 rings (SSSR count). The Hall–Kier alpha value is -2.28. The van der Waals surface area contributed by atoms with Gasteiger partial charge in [-0.25, -0.2) is 0 Å². The minimum absolute atomic E-state index is 0.218. The van der Waals surface area contributed by atoms with Crippen LogP contribution in [0.2, 0.25) is 0 Å². The highest BCUT2D eigenvalue weighted by atomic mass is 16.5. The average molecular weight is 371 g/mol. The fourth-order valence-electron chi connectivity index (χ4n) is 3.60. The third kappa shape index (κ3) is 6.13. The summed E-state index contributed by atoms with van der Waals surface area (Å²) >= 11 is 0. The number of amides is 1. The Kier molecular flexibility index (Phi) is 6.92. The Morgan fingerprint density at radius 3 is 3.04 bits per heavy atom. The Morgan fingerprint density at radius 1 is 1.41 bits per heavy atom. The highest BCUT2D eigenvalue weighted by Crippen LogP contribution is 2.22. The van der Waals surface area contributed by atoms with Gasteiger partial charge in [0, 0.05) is 44.9 Å². The molecule has 7 nitrogen and oxygen atoms in total. The highest BCUT2D eigenvalue weighted by molar-refractivity contribution is 5.75. The van der Waals surface area contributed by atoms with Crippen LogP contribution in [-0.4, -0.2) is 57.5 Å². The van der Waals surface area contributed by atoms with Crippen LogP contribution in [0.15, 0.2) is 28.9 Å². The maximum absolute atomic E-state index is 12.4. The third-order valence-electron chi connectivity index (χ3n) is 5.15. The lowest BCUT2D eigenvalue weighted by Crippen LogP contribution is -2.36. The molecule has 1 aliphatic heterocycles. The molecule has 2 aromatic rings. The molecule has 1 amide bonds. The minimum Gasteiger partial charge on any atom is -0.345 e. The summed E-state index contributed by atoms with van der Waals surface area (Å²) < 4.78 is 5.23. The number of likely N-dealkylation sites (tertiary alicyclic amines) is 1. The van der Waals surface area contributed by atoms with E-state index in [-0.39, 0.29) is 5.91 Å². The molecule has 0 bridgehead atoms. The number of piperidine rings is 1. The van der Waals surface area contributed by atoms with Gasteiger partial charge in [-0.05, 0) is 50.8 Å². The van der Waals surface area contributed by atoms with Crippen LogP contribution in [0.1, 0.15) is 43.1 Å². The molecule has 3 heterocycles. The van der Waals surface area contributed by atoms with Crippen LogP contribution in [-0.2, 0) is 17.8 Å². The molecule has 0 spiro atoms. The first-order valence-corrected chi connectivity index (χ1v) is 9.75. The van der Waals surface area contributed by atoms with Crippen molar-refractivity contribution in [2.45, 2.75) is 45.6 Å². The summed E-state index contributed by atoms with van der Waals surface area (Å²) in [6.07, 6.45) is 6.47. The van der Waals surface area contributed by atoms with Crippen LogP contribution in [0.5, 0.6) is 0 Å². The molecule has 27 heavy (non-hydrogen) atoms. The smallest absolute Gasteiger partial charge is 0.240 e. The van der Waals surface area contributed by atoms with E-state index in [2.05, 4.69) is 20.0 Å². The first-order chi connectivity index (χ1) is 13.1. The SMILES string of the molecule is Cc1noc(CN2CCC[C@@H](CCC(=O)N(C)CCc3ccccn3)C2)n1. The molecule has 1 saturated heterocycles. The van der Waals surface area contributed by atoms with Crippen molar-refractivity contribution >= 4 is 5.91 Å². The lowest BCUT2D eigenvalue weighted by Gasteiger charge is -2.31. The molecule has 0 saturated carbocycles. The monoisotopic (exact) mass is 371 g/mol. The standard InChI is InChI=1S/C20H29N5O2/c1-16-22-19(27-23-16)15-25-12-5-6-17(14-25)8-9-20(26)24(2)13-10-18-7-3-4-11-21-18/h3-4,7,11,17H,5-6,8-10,12-15H2,1-2H3/t17-/m0/s1. The lowest BCUT2D eigenvalue weighted by molar-refractivity contribution is -0.130. The second-order valence-corrected chi connectivity index (χ2v) is 7.40. The molecule has 7 heteroatoms. The first-order valence-electron chi connectivity index (χ1n) is 9.75. The van der Waals surface area contributed by atoms with E-state index in [0.717, 1.165) is 38.0 Å². The molecule has 0 unspecified atom stereocenters. The summed E-state index contributed by atoms with van der Waals surface area (Å²) in [5, 5.41) is 3.85. The van der Waals surface area contributed by atoms with Crippen LogP contribution in [0.25, 0.3) is 0 Å². The van der Waals surface area contributed by atoms with Gasteiger partial charge in [0.2, 0.25) is 11.8 Å². The second-order valence-electron chi connectivity index (χ2n) is 7.40. The summed E-state index contributed by atoms with van der Waals surface area (Å²) in [6, 6.07) is 5.89. The summed E-state index contributed by atoms with van der Waals surface area (Å²) in [7, 11) is 1.89. The van der Waals surface area contributed by atoms with Gasteiger partial charge < -0.3 is 9.42 Å². The van der Waals surface area contributed by atoms with E-state index in [4.69, 9.17) is 4.52 Å². The number of aromatic nitrogens is 3. The Balaban J connectivity index is 1.38. The van der Waals surface area contributed by atoms with Gasteiger partial charge in [0.25, 0.3) is 0 Å². The van der Waals surface area contributed by atoms with Crippen LogP contribution < -0.4 is 0 Å². The van der Waals surface area contributed by atoms with E-state index in [1.165, 1.54) is 6.42 Å². The van der Waals surface area contributed by atoms with Crippen molar-refractivity contribution in [3.05, 3.63) is 41.8 Å². The number of rotatable bonds is 8. The van der Waals surface area contributed by atoms with Crippen LogP contribution in [0.3, 0.4) is 0 Å². The predicted octanol–water partition coefficient (Wildman–Crippen LogP) is 2.47. The van der Waals surface area contributed by atoms with Gasteiger partial charge in [-0.3, -0.25) is 14.7 Å². The van der Waals surface area contributed by atoms with E-state index in [0.29, 0.717) is 37.1 Å². The third-order valence-corrected chi connectivity index (χ3v) is 5.15. The van der Waals surface area contributed by atoms with Gasteiger partial charge in [0.05, 0.1) is 6.54 Å². The quantitative estimate of drug-likeness (QED) is 0.710. The van der Waals surface area contributed by atoms with Crippen LogP contribution >= 0.6 is 0 Å². The normalized spacial score (nSPS) is 17.8. The number of nitrogens with zero attached hydrogens (tertiary/aromatic N) is 5. The largest absolute Gasteiger partial charge is 0.345 e. The number of hydrogen-bond donors (Lipinski definition) is 0. The van der Waals surface area contributed by atoms with Crippen molar-refractivity contribution < 1.29 is 9.32 Å². The maximum Gasteiger partial charge on any atom is 0.240 e. The lowest BCUT2D eigenvalue weighted by atomic mass is 9.93. The predicted molar refractivity (Wildman–Crippen MR) is 102 cm³/mol. The van der Waals surface area contributed by atoms with Crippen molar-refractivity contribution in [1.29, 1.82) is 0 Å². The van der Waals surface area contributed by atoms with E-state index in [1.54, 1.807) is 6.20 Å². The highest BCUT2D eigenvalue weighted by Gasteiger charge is 2.22. The van der Waals surface area contributed by atoms with E-state index < -0.39 is 0 Å². The summed E-state index contributed by atoms with van der Waals surface area (Å²) in [5.74, 6) is 2.13. The fraction of sp³-hybridized carbons (Fsp3) is 0.600. The van der Waals surface area contributed by atoms with E-state index in [1.807, 2.05) is 37.1 Å². The molecule has 0 N–H and O–H groups in total. The molecular formula is C20H29N5O2. The maximum atomic E-state index is 12.4. The number of carbonyl (C=O) groups is 1. The van der Waals surface area contributed by atoms with Gasteiger partial charge in [0.1, 0.15) is 0 Å².